The highest BCUT2D eigenvalue weighted by Gasteiger charge is 2.31. The molecule has 2 amide bonds. The van der Waals surface area contributed by atoms with Crippen LogP contribution in [0.15, 0.2) is 78.0 Å². The summed E-state index contributed by atoms with van der Waals surface area (Å²) >= 11 is 1.63. The van der Waals surface area contributed by atoms with E-state index in [1.54, 1.807) is 11.8 Å². The van der Waals surface area contributed by atoms with Gasteiger partial charge in [0.2, 0.25) is 0 Å². The molecule has 1 saturated heterocycles. The smallest absolute Gasteiger partial charge is 0.406 e. The van der Waals surface area contributed by atoms with Gasteiger partial charge in [0.15, 0.2) is 11.0 Å². The molecule has 248 valence electrons. The van der Waals surface area contributed by atoms with Crippen LogP contribution in [-0.4, -0.2) is 51.2 Å². The van der Waals surface area contributed by atoms with Gasteiger partial charge in [0.1, 0.15) is 12.1 Å². The number of aliphatic imine (C=N–C) groups is 1. The number of benzene rings is 3. The SMILES string of the molecule is Cc1ccc(C(C)C)c(N2CCCSC2=NC(=O)NCCCC(C)c2ccc(-c3ncn(-c4ccc(OC(F)(F)F)cc4)n3)cc2)c1. The van der Waals surface area contributed by atoms with Crippen LogP contribution in [0.25, 0.3) is 17.1 Å². The van der Waals surface area contributed by atoms with Gasteiger partial charge in [-0.3, -0.25) is 0 Å². The molecule has 47 heavy (non-hydrogen) atoms. The lowest BCUT2D eigenvalue weighted by atomic mass is 9.95. The van der Waals surface area contributed by atoms with Crippen molar-refractivity contribution < 1.29 is 22.7 Å². The molecule has 5 rings (SSSR count). The number of nitrogens with zero attached hydrogens (tertiary/aromatic N) is 5. The predicted molar refractivity (Wildman–Crippen MR) is 182 cm³/mol. The van der Waals surface area contributed by atoms with E-state index < -0.39 is 6.36 Å². The molecule has 0 radical (unpaired) electrons. The van der Waals surface area contributed by atoms with E-state index in [0.717, 1.165) is 53.5 Å². The van der Waals surface area contributed by atoms with E-state index in [2.05, 4.69) is 75.9 Å². The maximum atomic E-state index is 12.8. The number of hydrogen-bond acceptors (Lipinski definition) is 5. The lowest BCUT2D eigenvalue weighted by molar-refractivity contribution is -0.274. The highest BCUT2D eigenvalue weighted by Crippen LogP contribution is 2.33. The molecule has 0 spiro atoms. The molecule has 0 aliphatic carbocycles. The van der Waals surface area contributed by atoms with Gasteiger partial charge in [-0.1, -0.05) is 68.9 Å². The van der Waals surface area contributed by atoms with E-state index in [1.165, 1.54) is 46.4 Å². The van der Waals surface area contributed by atoms with Gasteiger partial charge in [0.25, 0.3) is 0 Å². The molecule has 1 atom stereocenters. The molecule has 8 nitrogen and oxygen atoms in total. The third-order valence-electron chi connectivity index (χ3n) is 7.94. The van der Waals surface area contributed by atoms with E-state index in [-0.39, 0.29) is 17.7 Å². The van der Waals surface area contributed by atoms with Gasteiger partial charge in [0, 0.05) is 30.1 Å². The van der Waals surface area contributed by atoms with E-state index in [1.807, 2.05) is 24.3 Å². The summed E-state index contributed by atoms with van der Waals surface area (Å²) in [5.41, 5.74) is 6.12. The minimum absolute atomic E-state index is 0.274. The van der Waals surface area contributed by atoms with Crippen LogP contribution in [0, 0.1) is 6.92 Å². The summed E-state index contributed by atoms with van der Waals surface area (Å²) in [5, 5.41) is 8.20. The van der Waals surface area contributed by atoms with Crippen molar-refractivity contribution >= 4 is 28.6 Å². The first-order chi connectivity index (χ1) is 22.5. The fraction of sp³-hybridized carbons (Fsp3) is 0.371. The molecule has 0 bridgehead atoms. The molecule has 0 saturated carbocycles. The summed E-state index contributed by atoms with van der Waals surface area (Å²) < 4.78 is 42.7. The Labute approximate surface area is 277 Å². The summed E-state index contributed by atoms with van der Waals surface area (Å²) in [5.74, 6) is 1.78. The zero-order valence-corrected chi connectivity index (χ0v) is 27.7. The first kappa shape index (κ1) is 34.0. The third kappa shape index (κ3) is 9.15. The molecular formula is C35H39F3N6O2S. The van der Waals surface area contributed by atoms with Gasteiger partial charge >= 0.3 is 12.4 Å². The summed E-state index contributed by atoms with van der Waals surface area (Å²) in [6, 6.07) is 19.6. The van der Waals surface area contributed by atoms with Crippen LogP contribution in [-0.2, 0) is 0 Å². The molecule has 12 heteroatoms. The quantitative estimate of drug-likeness (QED) is 0.171. The number of urea groups is 1. The summed E-state index contributed by atoms with van der Waals surface area (Å²) in [6.07, 6.45) is -0.491. The molecule has 1 fully saturated rings. The Kier molecular flexibility index (Phi) is 10.9. The van der Waals surface area contributed by atoms with Crippen LogP contribution in [0.2, 0.25) is 0 Å². The topological polar surface area (TPSA) is 84.6 Å². The minimum Gasteiger partial charge on any atom is -0.406 e. The number of aromatic nitrogens is 3. The standard InChI is InChI=1S/C35H39F3N6O2S/c1-23(2)30-17-8-24(3)21-31(30)43-19-6-20-47-34(43)41-33(45)39-18-5-7-25(4)26-9-11-27(12-10-26)32-40-22-44(42-32)28-13-15-29(16-14-28)46-35(36,37)38/h8-17,21-23,25H,5-7,18-20H2,1-4H3,(H,39,45). The number of aryl methyl sites for hydroxylation is 1. The Bertz CT molecular complexity index is 1690. The number of hydrogen-bond donors (Lipinski definition) is 1. The zero-order valence-electron chi connectivity index (χ0n) is 26.9. The maximum absolute atomic E-state index is 12.8. The average Bonchev–Trinajstić information content (AvgIpc) is 3.53. The number of amidine groups is 1. The first-order valence-corrected chi connectivity index (χ1v) is 16.7. The lowest BCUT2D eigenvalue weighted by Gasteiger charge is -2.32. The second kappa shape index (κ2) is 15.1. The van der Waals surface area contributed by atoms with Crippen molar-refractivity contribution in [2.75, 3.05) is 23.7 Å². The number of halogens is 3. The molecule has 1 N–H and O–H groups in total. The van der Waals surface area contributed by atoms with Crippen LogP contribution in [0.5, 0.6) is 5.75 Å². The van der Waals surface area contributed by atoms with E-state index in [0.29, 0.717) is 24.0 Å². The van der Waals surface area contributed by atoms with Gasteiger partial charge in [-0.15, -0.1) is 18.3 Å². The van der Waals surface area contributed by atoms with Gasteiger partial charge < -0.3 is 15.0 Å². The van der Waals surface area contributed by atoms with Gasteiger partial charge in [0.05, 0.1) is 5.69 Å². The molecule has 4 aromatic rings. The third-order valence-corrected chi connectivity index (χ3v) is 9.00. The second-order valence-corrected chi connectivity index (χ2v) is 13.0. The van der Waals surface area contributed by atoms with Crippen LogP contribution >= 0.6 is 11.8 Å². The van der Waals surface area contributed by atoms with Crippen LogP contribution in [0.3, 0.4) is 0 Å². The number of carbonyl (C=O) groups excluding carboxylic acids is 1. The first-order valence-electron chi connectivity index (χ1n) is 15.7. The number of anilines is 1. The van der Waals surface area contributed by atoms with Crippen molar-refractivity contribution in [1.82, 2.24) is 20.1 Å². The van der Waals surface area contributed by atoms with Gasteiger partial charge in [-0.25, -0.2) is 14.5 Å². The Hall–Kier alpha value is -4.32. The minimum atomic E-state index is -4.74. The van der Waals surface area contributed by atoms with Crippen molar-refractivity contribution in [1.29, 1.82) is 0 Å². The predicted octanol–water partition coefficient (Wildman–Crippen LogP) is 8.86. The molecule has 1 aliphatic heterocycles. The van der Waals surface area contributed by atoms with E-state index >= 15 is 0 Å². The number of rotatable bonds is 10. The number of carbonyl (C=O) groups is 1. The highest BCUT2D eigenvalue weighted by molar-refractivity contribution is 8.14. The van der Waals surface area contributed by atoms with Gasteiger partial charge in [-0.05, 0) is 85.0 Å². The monoisotopic (exact) mass is 664 g/mol. The van der Waals surface area contributed by atoms with Crippen LogP contribution in [0.1, 0.15) is 68.6 Å². The second-order valence-electron chi connectivity index (χ2n) is 11.9. The number of alkyl halides is 3. The number of ether oxygens (including phenoxy) is 1. The highest BCUT2D eigenvalue weighted by atomic mass is 32.2. The van der Waals surface area contributed by atoms with Crippen LogP contribution < -0.4 is 15.0 Å². The fourth-order valence-electron chi connectivity index (χ4n) is 5.43. The normalized spacial score (nSPS) is 15.2. The van der Waals surface area contributed by atoms with Crippen molar-refractivity contribution in [2.45, 2.75) is 65.2 Å². The molecule has 1 unspecified atom stereocenters. The number of amides is 2. The Balaban J connectivity index is 1.12. The lowest BCUT2D eigenvalue weighted by Crippen LogP contribution is -2.36. The number of nitrogens with one attached hydrogen (secondary N) is 1. The molecule has 2 heterocycles. The average molecular weight is 665 g/mol. The fourth-order valence-corrected chi connectivity index (χ4v) is 6.38. The Morgan fingerprint density at radius 1 is 1.06 bits per heavy atom. The largest absolute Gasteiger partial charge is 0.573 e. The zero-order chi connectivity index (χ0) is 33.6. The van der Waals surface area contributed by atoms with E-state index in [9.17, 15) is 18.0 Å². The molecule has 1 aliphatic rings. The summed E-state index contributed by atoms with van der Waals surface area (Å²) in [7, 11) is 0. The number of thioether (sulfide) groups is 1. The van der Waals surface area contributed by atoms with Crippen molar-refractivity contribution in [3.8, 4) is 22.8 Å². The van der Waals surface area contributed by atoms with Crippen LogP contribution in [0.4, 0.5) is 23.7 Å². The molecule has 3 aromatic carbocycles. The van der Waals surface area contributed by atoms with Gasteiger partial charge in [-0.2, -0.15) is 4.99 Å². The van der Waals surface area contributed by atoms with E-state index in [4.69, 9.17) is 0 Å². The van der Waals surface area contributed by atoms with Crippen molar-refractivity contribution in [2.24, 2.45) is 4.99 Å². The summed E-state index contributed by atoms with van der Waals surface area (Å²) in [6.45, 7) is 9.99. The Morgan fingerprint density at radius 3 is 2.51 bits per heavy atom. The maximum Gasteiger partial charge on any atom is 0.573 e. The Morgan fingerprint density at radius 2 is 1.81 bits per heavy atom. The molecule has 1 aromatic heterocycles. The summed E-state index contributed by atoms with van der Waals surface area (Å²) in [4.78, 5) is 23.8. The molecular weight excluding hydrogens is 625 g/mol. The van der Waals surface area contributed by atoms with Crippen molar-refractivity contribution in [3.63, 3.8) is 0 Å². The van der Waals surface area contributed by atoms with Crippen molar-refractivity contribution in [3.05, 3.63) is 89.7 Å².